The molecular weight excluding hydrogens is 274 g/mol. The van der Waals surface area contributed by atoms with Crippen LogP contribution >= 0.6 is 0 Å². The molecule has 0 spiro atoms. The topological polar surface area (TPSA) is 49.4 Å². The van der Waals surface area contributed by atoms with Crippen molar-refractivity contribution in [3.05, 3.63) is 29.8 Å². The molecule has 0 saturated carbocycles. The monoisotopic (exact) mass is 290 g/mol. The van der Waals surface area contributed by atoms with Crippen LogP contribution in [0.25, 0.3) is 0 Å². The summed E-state index contributed by atoms with van der Waals surface area (Å²) < 4.78 is 52.3. The Kier molecular flexibility index (Phi) is 4.17. The van der Waals surface area contributed by atoms with Gasteiger partial charge in [-0.2, -0.15) is 4.31 Å². The molecule has 0 radical (unpaired) electrons. The highest BCUT2D eigenvalue weighted by molar-refractivity contribution is 7.89. The van der Waals surface area contributed by atoms with Crippen LogP contribution in [0.4, 0.5) is 8.78 Å². The predicted octanol–water partition coefficient (Wildman–Crippen LogP) is 1.34. The number of hydrogen-bond acceptors (Lipinski definition) is 3. The highest BCUT2D eigenvalue weighted by atomic mass is 32.2. The van der Waals surface area contributed by atoms with Gasteiger partial charge in [-0.15, -0.1) is 0 Å². The third kappa shape index (κ3) is 2.77. The minimum Gasteiger partial charge on any atom is -0.313 e. The molecule has 0 aromatic heterocycles. The van der Waals surface area contributed by atoms with Crippen LogP contribution in [-0.4, -0.2) is 38.4 Å². The summed E-state index contributed by atoms with van der Waals surface area (Å²) in [4.78, 5) is -0.202. The van der Waals surface area contributed by atoms with Gasteiger partial charge in [0.05, 0.1) is 10.9 Å². The molecule has 106 valence electrons. The van der Waals surface area contributed by atoms with Crippen molar-refractivity contribution >= 4 is 10.0 Å². The van der Waals surface area contributed by atoms with E-state index in [4.69, 9.17) is 0 Å². The zero-order chi connectivity index (χ0) is 14.0. The van der Waals surface area contributed by atoms with E-state index in [1.54, 1.807) is 0 Å². The second-order valence-corrected chi connectivity index (χ2v) is 6.39. The molecule has 1 fully saturated rings. The highest BCUT2D eigenvalue weighted by Gasteiger charge is 2.34. The van der Waals surface area contributed by atoms with Crippen molar-refractivity contribution < 1.29 is 17.2 Å². The van der Waals surface area contributed by atoms with E-state index >= 15 is 0 Å². The van der Waals surface area contributed by atoms with Gasteiger partial charge in [0.25, 0.3) is 0 Å². The predicted molar refractivity (Wildman–Crippen MR) is 67.2 cm³/mol. The van der Waals surface area contributed by atoms with Gasteiger partial charge in [-0.05, 0) is 24.6 Å². The van der Waals surface area contributed by atoms with Gasteiger partial charge in [0, 0.05) is 19.6 Å². The molecule has 1 heterocycles. The van der Waals surface area contributed by atoms with Crippen molar-refractivity contribution in [1.29, 1.82) is 0 Å². The second kappa shape index (κ2) is 5.52. The van der Waals surface area contributed by atoms with E-state index in [1.807, 2.05) is 6.92 Å². The SMILES string of the molecule is CCCN(C1CNC1)S(=O)(=O)c1ccc(F)c(F)c1. The molecule has 0 aliphatic carbocycles. The van der Waals surface area contributed by atoms with Crippen LogP contribution in [0.3, 0.4) is 0 Å². The summed E-state index contributed by atoms with van der Waals surface area (Å²) in [5.74, 6) is -2.20. The first-order valence-electron chi connectivity index (χ1n) is 6.14. The number of nitrogens with one attached hydrogen (secondary N) is 1. The van der Waals surface area contributed by atoms with Crippen LogP contribution in [0, 0.1) is 11.6 Å². The first kappa shape index (κ1) is 14.4. The average molecular weight is 290 g/mol. The number of nitrogens with zero attached hydrogens (tertiary/aromatic N) is 1. The highest BCUT2D eigenvalue weighted by Crippen LogP contribution is 2.22. The zero-order valence-electron chi connectivity index (χ0n) is 10.6. The molecular formula is C12H16F2N2O2S. The molecule has 4 nitrogen and oxygen atoms in total. The van der Waals surface area contributed by atoms with Crippen LogP contribution in [0.15, 0.2) is 23.1 Å². The Morgan fingerprint density at radius 2 is 2.00 bits per heavy atom. The van der Waals surface area contributed by atoms with Crippen molar-refractivity contribution in [2.75, 3.05) is 19.6 Å². The summed E-state index contributed by atoms with van der Waals surface area (Å²) in [6, 6.07) is 2.56. The summed E-state index contributed by atoms with van der Waals surface area (Å²) >= 11 is 0. The van der Waals surface area contributed by atoms with E-state index < -0.39 is 21.7 Å². The number of sulfonamides is 1. The first-order chi connectivity index (χ1) is 8.96. The summed E-state index contributed by atoms with van der Waals surface area (Å²) in [6.45, 7) is 3.42. The number of benzene rings is 1. The molecule has 1 aliphatic heterocycles. The van der Waals surface area contributed by atoms with Gasteiger partial charge in [-0.1, -0.05) is 6.92 Å². The molecule has 0 unspecified atom stereocenters. The summed E-state index contributed by atoms with van der Waals surface area (Å²) in [5, 5.41) is 3.00. The maximum absolute atomic E-state index is 13.2. The van der Waals surface area contributed by atoms with E-state index in [2.05, 4.69) is 5.32 Å². The van der Waals surface area contributed by atoms with Gasteiger partial charge in [-0.25, -0.2) is 17.2 Å². The Balaban J connectivity index is 2.35. The van der Waals surface area contributed by atoms with Gasteiger partial charge in [0.1, 0.15) is 0 Å². The van der Waals surface area contributed by atoms with E-state index in [1.165, 1.54) is 4.31 Å². The molecule has 0 bridgehead atoms. The maximum atomic E-state index is 13.2. The van der Waals surface area contributed by atoms with Gasteiger partial charge in [0.2, 0.25) is 10.0 Å². The first-order valence-corrected chi connectivity index (χ1v) is 7.58. The smallest absolute Gasteiger partial charge is 0.243 e. The largest absolute Gasteiger partial charge is 0.313 e. The van der Waals surface area contributed by atoms with Gasteiger partial charge in [-0.3, -0.25) is 0 Å². The van der Waals surface area contributed by atoms with Crippen LogP contribution in [0.2, 0.25) is 0 Å². The normalized spacial score (nSPS) is 16.6. The molecule has 1 aliphatic rings. The minimum absolute atomic E-state index is 0.113. The van der Waals surface area contributed by atoms with E-state index in [0.29, 0.717) is 26.1 Å². The molecule has 0 amide bonds. The average Bonchev–Trinajstić information content (AvgIpc) is 2.29. The van der Waals surface area contributed by atoms with Crippen LogP contribution in [-0.2, 0) is 10.0 Å². The van der Waals surface area contributed by atoms with Crippen molar-refractivity contribution in [1.82, 2.24) is 9.62 Å². The van der Waals surface area contributed by atoms with Crippen LogP contribution in [0.5, 0.6) is 0 Å². The lowest BCUT2D eigenvalue weighted by Crippen LogP contribution is -2.58. The summed E-state index contributed by atoms with van der Waals surface area (Å²) in [7, 11) is -3.78. The molecule has 1 aromatic carbocycles. The maximum Gasteiger partial charge on any atom is 0.243 e. The van der Waals surface area contributed by atoms with Crippen LogP contribution in [0.1, 0.15) is 13.3 Å². The quantitative estimate of drug-likeness (QED) is 0.890. The molecule has 19 heavy (non-hydrogen) atoms. The van der Waals surface area contributed by atoms with E-state index in [9.17, 15) is 17.2 Å². The third-order valence-corrected chi connectivity index (χ3v) is 5.06. The Labute approximate surface area is 111 Å². The van der Waals surface area contributed by atoms with Crippen molar-refractivity contribution in [3.63, 3.8) is 0 Å². The summed E-state index contributed by atoms with van der Waals surface area (Å²) in [6.07, 6.45) is 0.666. The van der Waals surface area contributed by atoms with E-state index in [-0.39, 0.29) is 10.9 Å². The van der Waals surface area contributed by atoms with Gasteiger partial charge >= 0.3 is 0 Å². The molecule has 0 atom stereocenters. The number of hydrogen-bond donors (Lipinski definition) is 1. The Morgan fingerprint density at radius 3 is 2.47 bits per heavy atom. The Morgan fingerprint density at radius 1 is 1.32 bits per heavy atom. The Hall–Kier alpha value is -1.05. The standard InChI is InChI=1S/C12H16F2N2O2S/c1-2-5-16(9-7-15-8-9)19(17,18)10-3-4-11(13)12(14)6-10/h3-4,6,9,15H,2,5,7-8H2,1H3. The van der Waals surface area contributed by atoms with Gasteiger partial charge < -0.3 is 5.32 Å². The second-order valence-electron chi connectivity index (χ2n) is 4.50. The Bertz CT molecular complexity index is 559. The van der Waals surface area contributed by atoms with E-state index in [0.717, 1.165) is 18.2 Å². The molecule has 2 rings (SSSR count). The number of rotatable bonds is 5. The van der Waals surface area contributed by atoms with Crippen molar-refractivity contribution in [2.24, 2.45) is 0 Å². The lowest BCUT2D eigenvalue weighted by atomic mass is 10.2. The lowest BCUT2D eigenvalue weighted by molar-refractivity contribution is 0.241. The lowest BCUT2D eigenvalue weighted by Gasteiger charge is -2.37. The minimum atomic E-state index is -3.78. The fraction of sp³-hybridized carbons (Fsp3) is 0.500. The molecule has 1 aromatic rings. The fourth-order valence-corrected chi connectivity index (χ4v) is 3.70. The van der Waals surface area contributed by atoms with Crippen molar-refractivity contribution in [3.8, 4) is 0 Å². The third-order valence-electron chi connectivity index (χ3n) is 3.11. The molecule has 7 heteroatoms. The molecule has 1 N–H and O–H groups in total. The zero-order valence-corrected chi connectivity index (χ0v) is 11.4. The summed E-state index contributed by atoms with van der Waals surface area (Å²) in [5.41, 5.74) is 0. The number of halogens is 2. The fourth-order valence-electron chi connectivity index (χ4n) is 1.97. The van der Waals surface area contributed by atoms with Gasteiger partial charge in [0.15, 0.2) is 11.6 Å². The van der Waals surface area contributed by atoms with Crippen molar-refractivity contribution in [2.45, 2.75) is 24.3 Å². The molecule has 1 saturated heterocycles. The van der Waals surface area contributed by atoms with Crippen LogP contribution < -0.4 is 5.32 Å².